The molecule has 9 nitrogen and oxygen atoms in total. The van der Waals surface area contributed by atoms with Gasteiger partial charge in [0.1, 0.15) is 23.6 Å². The van der Waals surface area contributed by atoms with Crippen molar-refractivity contribution in [2.45, 2.75) is 18.8 Å². The fourth-order valence-electron chi connectivity index (χ4n) is 4.07. The fraction of sp³-hybridized carbons (Fsp3) is 0.160. The highest BCUT2D eigenvalue weighted by atomic mass is 19.1. The average molecular weight is 473 g/mol. The van der Waals surface area contributed by atoms with Crippen LogP contribution in [0.2, 0.25) is 0 Å². The van der Waals surface area contributed by atoms with E-state index in [9.17, 15) is 24.3 Å². The predicted octanol–water partition coefficient (Wildman–Crippen LogP) is 3.67. The van der Waals surface area contributed by atoms with Gasteiger partial charge >= 0.3 is 0 Å². The molecule has 2 atom stereocenters. The minimum Gasteiger partial charge on any atom is -0.501 e. The number of halogens is 1. The maximum absolute atomic E-state index is 14.3. The van der Waals surface area contributed by atoms with E-state index in [4.69, 9.17) is 0 Å². The largest absolute Gasteiger partial charge is 0.501 e. The molecule has 1 amide bonds. The summed E-state index contributed by atoms with van der Waals surface area (Å²) >= 11 is 0. The summed E-state index contributed by atoms with van der Waals surface area (Å²) in [6, 6.07) is 15.1. The molecule has 2 aromatic carbocycles. The summed E-state index contributed by atoms with van der Waals surface area (Å²) in [5.74, 6) is -3.24. The molecule has 0 aliphatic carbocycles. The Morgan fingerprint density at radius 1 is 1.26 bits per heavy atom. The summed E-state index contributed by atoms with van der Waals surface area (Å²) in [6.07, 6.45) is 2.43. The number of nitriles is 1. The molecule has 10 heteroatoms. The Morgan fingerprint density at radius 2 is 2.00 bits per heavy atom. The molecule has 4 rings (SSSR count). The predicted molar refractivity (Wildman–Crippen MR) is 123 cm³/mol. The van der Waals surface area contributed by atoms with Crippen molar-refractivity contribution >= 4 is 11.6 Å². The van der Waals surface area contributed by atoms with Gasteiger partial charge < -0.3 is 14.9 Å². The highest BCUT2D eigenvalue weighted by Crippen LogP contribution is 2.39. The first-order chi connectivity index (χ1) is 16.8. The lowest BCUT2D eigenvalue weighted by Crippen LogP contribution is -2.29. The third-order valence-electron chi connectivity index (χ3n) is 5.74. The summed E-state index contributed by atoms with van der Waals surface area (Å²) in [5, 5.41) is 26.0. The number of hydrogen-bond acceptors (Lipinski definition) is 7. The first kappa shape index (κ1) is 23.4. The normalized spacial score (nSPS) is 12.5. The minimum absolute atomic E-state index is 0.158. The van der Waals surface area contributed by atoms with Crippen LogP contribution in [0.5, 0.6) is 5.75 Å². The number of aromatic nitrogens is 3. The molecule has 2 N–H and O–H groups in total. The molecule has 0 bridgehead atoms. The number of amides is 1. The van der Waals surface area contributed by atoms with Crippen LogP contribution >= 0.6 is 0 Å². The summed E-state index contributed by atoms with van der Waals surface area (Å²) in [6.45, 7) is 1.75. The number of aromatic hydroxyl groups is 1. The Kier molecular flexibility index (Phi) is 6.42. The van der Waals surface area contributed by atoms with Gasteiger partial charge in [-0.3, -0.25) is 14.2 Å². The topological polar surface area (TPSA) is 134 Å². The molecule has 2 heterocycles. The second-order valence-electron chi connectivity index (χ2n) is 7.92. The van der Waals surface area contributed by atoms with E-state index in [1.54, 1.807) is 6.92 Å². The second-order valence-corrected chi connectivity index (χ2v) is 7.92. The van der Waals surface area contributed by atoms with Crippen molar-refractivity contribution in [3.05, 3.63) is 105 Å². The summed E-state index contributed by atoms with van der Waals surface area (Å²) in [4.78, 5) is 30.0. The van der Waals surface area contributed by atoms with Gasteiger partial charge in [0.05, 0.1) is 17.8 Å². The molecule has 0 radical (unpaired) electrons. The van der Waals surface area contributed by atoms with Crippen LogP contribution < -0.4 is 10.9 Å². The molecule has 0 aliphatic heterocycles. The van der Waals surface area contributed by atoms with Gasteiger partial charge in [-0.15, -0.1) is 0 Å². The Hall–Kier alpha value is -4.78. The SMILES string of the molecule is C[C@@H](c1nc(C(=O)Nc2cnoc2)c(O)c(=O)n1C)C(c1ccccc1)c1cc(F)ccc1C#N. The van der Waals surface area contributed by atoms with Crippen LogP contribution in [0, 0.1) is 17.1 Å². The van der Waals surface area contributed by atoms with E-state index in [2.05, 4.69) is 26.0 Å². The number of anilines is 1. The minimum atomic E-state index is -0.836. The van der Waals surface area contributed by atoms with E-state index in [1.807, 2.05) is 30.3 Å². The van der Waals surface area contributed by atoms with Crippen molar-refractivity contribution < 1.29 is 18.8 Å². The molecule has 176 valence electrons. The molecule has 0 aliphatic rings. The van der Waals surface area contributed by atoms with Gasteiger partial charge in [-0.05, 0) is 29.3 Å². The molecule has 0 saturated heterocycles. The number of benzene rings is 2. The highest BCUT2D eigenvalue weighted by Gasteiger charge is 2.31. The number of carbonyl (C=O) groups is 1. The Bertz CT molecular complexity index is 1480. The van der Waals surface area contributed by atoms with Crippen molar-refractivity contribution in [3.8, 4) is 11.8 Å². The molecule has 4 aromatic rings. The Balaban J connectivity index is 1.88. The smallest absolute Gasteiger partial charge is 0.296 e. The zero-order valence-electron chi connectivity index (χ0n) is 18.8. The van der Waals surface area contributed by atoms with Crippen LogP contribution in [0.4, 0.5) is 10.1 Å². The quantitative estimate of drug-likeness (QED) is 0.436. The molecule has 0 fully saturated rings. The van der Waals surface area contributed by atoms with Gasteiger partial charge in [-0.1, -0.05) is 42.4 Å². The van der Waals surface area contributed by atoms with Crippen LogP contribution in [-0.2, 0) is 7.05 Å². The molecule has 35 heavy (non-hydrogen) atoms. The number of nitrogens with one attached hydrogen (secondary N) is 1. The first-order valence-corrected chi connectivity index (χ1v) is 10.6. The van der Waals surface area contributed by atoms with Gasteiger partial charge in [-0.25, -0.2) is 9.37 Å². The number of hydrogen-bond donors (Lipinski definition) is 2. The zero-order valence-corrected chi connectivity index (χ0v) is 18.8. The van der Waals surface area contributed by atoms with E-state index in [0.717, 1.165) is 10.1 Å². The van der Waals surface area contributed by atoms with Crippen LogP contribution in [0.1, 0.15) is 51.8 Å². The maximum Gasteiger partial charge on any atom is 0.296 e. The van der Waals surface area contributed by atoms with E-state index in [-0.39, 0.29) is 17.1 Å². The number of rotatable bonds is 6. The Labute approximate surface area is 199 Å². The molecule has 1 unspecified atom stereocenters. The van der Waals surface area contributed by atoms with E-state index in [1.165, 1.54) is 37.7 Å². The number of carbonyl (C=O) groups excluding carboxylic acids is 1. The summed E-state index contributed by atoms with van der Waals surface area (Å²) in [7, 11) is 1.42. The number of nitrogens with zero attached hydrogens (tertiary/aromatic N) is 4. The molecule has 2 aromatic heterocycles. The van der Waals surface area contributed by atoms with Gasteiger partial charge in [0.15, 0.2) is 5.69 Å². The van der Waals surface area contributed by atoms with Crippen LogP contribution in [0.15, 0.2) is 70.3 Å². The van der Waals surface area contributed by atoms with Crippen LogP contribution in [0.25, 0.3) is 0 Å². The van der Waals surface area contributed by atoms with E-state index >= 15 is 0 Å². The zero-order chi connectivity index (χ0) is 25.1. The fourth-order valence-corrected chi connectivity index (χ4v) is 4.07. The van der Waals surface area contributed by atoms with Crippen molar-refractivity contribution in [1.82, 2.24) is 14.7 Å². The lowest BCUT2D eigenvalue weighted by Gasteiger charge is -2.27. The molecule has 0 spiro atoms. The lowest BCUT2D eigenvalue weighted by molar-refractivity contribution is 0.101. The van der Waals surface area contributed by atoms with Gasteiger partial charge in [0.2, 0.25) is 5.75 Å². The average Bonchev–Trinajstić information content (AvgIpc) is 3.36. The third-order valence-corrected chi connectivity index (χ3v) is 5.74. The first-order valence-electron chi connectivity index (χ1n) is 10.6. The summed E-state index contributed by atoms with van der Waals surface area (Å²) < 4.78 is 20.1. The van der Waals surface area contributed by atoms with Gasteiger partial charge in [0, 0.05) is 18.9 Å². The summed E-state index contributed by atoms with van der Waals surface area (Å²) in [5.41, 5.74) is 0.323. The van der Waals surface area contributed by atoms with Gasteiger partial charge in [-0.2, -0.15) is 5.26 Å². The lowest BCUT2D eigenvalue weighted by atomic mass is 9.79. The van der Waals surface area contributed by atoms with Crippen molar-refractivity contribution in [1.29, 1.82) is 5.26 Å². The van der Waals surface area contributed by atoms with Gasteiger partial charge in [0.25, 0.3) is 11.5 Å². The third kappa shape index (κ3) is 4.52. The van der Waals surface area contributed by atoms with E-state index in [0.29, 0.717) is 5.56 Å². The van der Waals surface area contributed by atoms with Crippen LogP contribution in [-0.4, -0.2) is 25.7 Å². The Morgan fingerprint density at radius 3 is 2.66 bits per heavy atom. The highest BCUT2D eigenvalue weighted by molar-refractivity contribution is 6.04. The van der Waals surface area contributed by atoms with E-state index < -0.39 is 40.6 Å². The molecular weight excluding hydrogens is 453 g/mol. The molecule has 0 saturated carbocycles. The standard InChI is InChI=1S/C25H20FN5O4/c1-14(20(15-6-4-3-5-7-15)19-10-17(26)9-8-16(19)11-27)23-30-21(22(32)25(34)31(23)2)24(33)29-18-12-28-35-13-18/h3-10,12-14,20,32H,1-2H3,(H,29,33)/t14-,20?/m1/s1. The maximum atomic E-state index is 14.3. The van der Waals surface area contributed by atoms with Crippen molar-refractivity contribution in [2.24, 2.45) is 7.05 Å². The second kappa shape index (κ2) is 9.61. The van der Waals surface area contributed by atoms with Crippen molar-refractivity contribution in [3.63, 3.8) is 0 Å². The monoisotopic (exact) mass is 473 g/mol. The van der Waals surface area contributed by atoms with Crippen LogP contribution in [0.3, 0.4) is 0 Å². The van der Waals surface area contributed by atoms with Crippen molar-refractivity contribution in [2.75, 3.05) is 5.32 Å². The molecular formula is C25H20FN5O4.